The van der Waals surface area contributed by atoms with Crippen molar-refractivity contribution in [3.05, 3.63) is 0 Å². The molecule has 76 valence electrons. The zero-order valence-electron chi connectivity index (χ0n) is 8.19. The number of rotatable bonds is 5. The molecule has 0 saturated heterocycles. The van der Waals surface area contributed by atoms with E-state index in [4.69, 9.17) is 5.11 Å². The third-order valence-electron chi connectivity index (χ3n) is 2.77. The lowest BCUT2D eigenvalue weighted by atomic mass is 9.79. The van der Waals surface area contributed by atoms with Gasteiger partial charge in [0.15, 0.2) is 0 Å². The molecule has 0 aromatic heterocycles. The van der Waals surface area contributed by atoms with Gasteiger partial charge in [-0.25, -0.2) is 0 Å². The highest BCUT2D eigenvalue weighted by molar-refractivity contribution is 7.98. The van der Waals surface area contributed by atoms with E-state index in [0.717, 1.165) is 25.1 Å². The van der Waals surface area contributed by atoms with E-state index in [2.05, 4.69) is 11.2 Å². The fourth-order valence-corrected chi connectivity index (χ4v) is 2.17. The molecule has 1 aliphatic carbocycles. The lowest BCUT2D eigenvalue weighted by Crippen LogP contribution is -2.49. The number of nitrogens with zero attached hydrogens (tertiary/aromatic N) is 1. The van der Waals surface area contributed by atoms with Crippen LogP contribution in [0.15, 0.2) is 0 Å². The van der Waals surface area contributed by atoms with Crippen LogP contribution in [-0.2, 0) is 4.79 Å². The Bertz CT molecular complexity index is 186. The number of hydrogen-bond acceptors (Lipinski definition) is 3. The van der Waals surface area contributed by atoms with Gasteiger partial charge in [-0.3, -0.25) is 4.79 Å². The quantitative estimate of drug-likeness (QED) is 0.727. The standard InChI is InChI=1S/C9H17NO2S/c1-10(5-6-13-2)8-4-3-7(8)9(11)12/h7-8H,3-6H2,1-2H3,(H,11,12). The van der Waals surface area contributed by atoms with Crippen molar-refractivity contribution < 1.29 is 9.90 Å². The van der Waals surface area contributed by atoms with E-state index in [0.29, 0.717) is 0 Å². The zero-order valence-corrected chi connectivity index (χ0v) is 9.01. The SMILES string of the molecule is CSCCN(C)C1CCC1C(=O)O. The van der Waals surface area contributed by atoms with Gasteiger partial charge in [-0.2, -0.15) is 11.8 Å². The van der Waals surface area contributed by atoms with Crippen molar-refractivity contribution in [3.63, 3.8) is 0 Å². The largest absolute Gasteiger partial charge is 0.481 e. The first-order chi connectivity index (χ1) is 6.16. The van der Waals surface area contributed by atoms with Gasteiger partial charge in [0.25, 0.3) is 0 Å². The lowest BCUT2D eigenvalue weighted by Gasteiger charge is -2.40. The van der Waals surface area contributed by atoms with E-state index < -0.39 is 5.97 Å². The second-order valence-corrected chi connectivity index (χ2v) is 4.55. The van der Waals surface area contributed by atoms with Crippen LogP contribution < -0.4 is 0 Å². The summed E-state index contributed by atoms with van der Waals surface area (Å²) < 4.78 is 0. The van der Waals surface area contributed by atoms with Crippen LogP contribution in [0.5, 0.6) is 0 Å². The number of carboxylic acids is 1. The van der Waals surface area contributed by atoms with E-state index >= 15 is 0 Å². The molecule has 1 saturated carbocycles. The molecule has 0 spiro atoms. The summed E-state index contributed by atoms with van der Waals surface area (Å²) in [5, 5.41) is 8.85. The Morgan fingerprint density at radius 2 is 2.31 bits per heavy atom. The highest BCUT2D eigenvalue weighted by atomic mass is 32.2. The topological polar surface area (TPSA) is 40.5 Å². The molecule has 4 heteroatoms. The van der Waals surface area contributed by atoms with Crippen LogP contribution in [0.4, 0.5) is 0 Å². The molecule has 0 aromatic carbocycles. The van der Waals surface area contributed by atoms with Gasteiger partial charge in [0, 0.05) is 18.3 Å². The summed E-state index contributed by atoms with van der Waals surface area (Å²) >= 11 is 1.80. The molecule has 0 bridgehead atoms. The average Bonchev–Trinajstić information content (AvgIpc) is 1.97. The first kappa shape index (κ1) is 10.9. The van der Waals surface area contributed by atoms with Crippen molar-refractivity contribution in [3.8, 4) is 0 Å². The molecular weight excluding hydrogens is 186 g/mol. The molecule has 13 heavy (non-hydrogen) atoms. The van der Waals surface area contributed by atoms with E-state index in [1.165, 1.54) is 0 Å². The maximum absolute atomic E-state index is 10.7. The van der Waals surface area contributed by atoms with Crippen molar-refractivity contribution in [2.75, 3.05) is 25.6 Å². The van der Waals surface area contributed by atoms with Crippen LogP contribution in [0.1, 0.15) is 12.8 Å². The molecule has 0 aromatic rings. The van der Waals surface area contributed by atoms with Crippen molar-refractivity contribution in [1.29, 1.82) is 0 Å². The highest BCUT2D eigenvalue weighted by Gasteiger charge is 2.38. The van der Waals surface area contributed by atoms with Crippen LogP contribution in [0.3, 0.4) is 0 Å². The third-order valence-corrected chi connectivity index (χ3v) is 3.36. The molecule has 1 N–H and O–H groups in total. The predicted molar refractivity (Wildman–Crippen MR) is 55.2 cm³/mol. The second-order valence-electron chi connectivity index (χ2n) is 3.56. The third kappa shape index (κ3) is 2.61. The Morgan fingerprint density at radius 3 is 2.69 bits per heavy atom. The van der Waals surface area contributed by atoms with Gasteiger partial charge in [0.1, 0.15) is 0 Å². The van der Waals surface area contributed by atoms with Gasteiger partial charge >= 0.3 is 5.97 Å². The predicted octanol–water partition coefficient (Wildman–Crippen LogP) is 1.14. The normalized spacial score (nSPS) is 27.3. The summed E-state index contributed by atoms with van der Waals surface area (Å²) in [5.41, 5.74) is 0. The maximum Gasteiger partial charge on any atom is 0.308 e. The fourth-order valence-electron chi connectivity index (χ4n) is 1.70. The Balaban J connectivity index is 2.30. The summed E-state index contributed by atoms with van der Waals surface area (Å²) in [7, 11) is 2.02. The Hall–Kier alpha value is -0.220. The molecule has 3 nitrogen and oxygen atoms in total. The van der Waals surface area contributed by atoms with Gasteiger partial charge in [0.2, 0.25) is 0 Å². The van der Waals surface area contributed by atoms with E-state index in [9.17, 15) is 4.79 Å². The highest BCUT2D eigenvalue weighted by Crippen LogP contribution is 2.31. The van der Waals surface area contributed by atoms with E-state index in [-0.39, 0.29) is 12.0 Å². The molecular formula is C9H17NO2S. The average molecular weight is 203 g/mol. The van der Waals surface area contributed by atoms with Crippen LogP contribution in [0, 0.1) is 5.92 Å². The summed E-state index contributed by atoms with van der Waals surface area (Å²) in [4.78, 5) is 12.9. The number of hydrogen-bond donors (Lipinski definition) is 1. The van der Waals surface area contributed by atoms with Crippen LogP contribution in [0.25, 0.3) is 0 Å². The minimum Gasteiger partial charge on any atom is -0.481 e. The first-order valence-electron chi connectivity index (χ1n) is 4.58. The van der Waals surface area contributed by atoms with Crippen molar-refractivity contribution in [1.82, 2.24) is 4.90 Å². The molecule has 1 rings (SSSR count). The van der Waals surface area contributed by atoms with Crippen molar-refractivity contribution >= 4 is 17.7 Å². The van der Waals surface area contributed by atoms with Crippen molar-refractivity contribution in [2.45, 2.75) is 18.9 Å². The number of carboxylic acid groups (broad SMARTS) is 1. The smallest absolute Gasteiger partial charge is 0.308 e. The molecule has 2 atom stereocenters. The molecule has 1 fully saturated rings. The zero-order chi connectivity index (χ0) is 9.84. The summed E-state index contributed by atoms with van der Waals surface area (Å²) in [6.45, 7) is 0.996. The maximum atomic E-state index is 10.7. The molecule has 0 amide bonds. The molecule has 2 unspecified atom stereocenters. The minimum atomic E-state index is -0.632. The van der Waals surface area contributed by atoms with Gasteiger partial charge in [-0.1, -0.05) is 0 Å². The van der Waals surface area contributed by atoms with Crippen LogP contribution in [-0.4, -0.2) is 47.6 Å². The van der Waals surface area contributed by atoms with Gasteiger partial charge in [0.05, 0.1) is 5.92 Å². The number of carbonyl (C=O) groups is 1. The molecule has 0 radical (unpaired) electrons. The molecule has 1 aliphatic rings. The van der Waals surface area contributed by atoms with Crippen LogP contribution >= 0.6 is 11.8 Å². The summed E-state index contributed by atoms with van der Waals surface area (Å²) in [5.74, 6) is 0.332. The lowest BCUT2D eigenvalue weighted by molar-refractivity contribution is -0.148. The van der Waals surface area contributed by atoms with E-state index in [1.807, 2.05) is 7.05 Å². The van der Waals surface area contributed by atoms with Gasteiger partial charge in [-0.15, -0.1) is 0 Å². The van der Waals surface area contributed by atoms with E-state index in [1.54, 1.807) is 11.8 Å². The fraction of sp³-hybridized carbons (Fsp3) is 0.889. The minimum absolute atomic E-state index is 0.119. The summed E-state index contributed by atoms with van der Waals surface area (Å²) in [6, 6.07) is 0.282. The van der Waals surface area contributed by atoms with Gasteiger partial charge < -0.3 is 10.0 Å². The molecule has 0 aliphatic heterocycles. The number of thioether (sulfide) groups is 1. The first-order valence-corrected chi connectivity index (χ1v) is 5.98. The summed E-state index contributed by atoms with van der Waals surface area (Å²) in [6.07, 6.45) is 3.97. The Labute approximate surface area is 83.5 Å². The Morgan fingerprint density at radius 1 is 1.62 bits per heavy atom. The number of aliphatic carboxylic acids is 1. The second kappa shape index (κ2) is 4.86. The Kier molecular flexibility index (Phi) is 4.06. The van der Waals surface area contributed by atoms with Gasteiger partial charge in [-0.05, 0) is 26.1 Å². The van der Waals surface area contributed by atoms with Crippen molar-refractivity contribution in [2.24, 2.45) is 5.92 Å². The van der Waals surface area contributed by atoms with Crippen LogP contribution in [0.2, 0.25) is 0 Å². The monoisotopic (exact) mass is 203 g/mol. The molecule has 0 heterocycles.